The predicted molar refractivity (Wildman–Crippen MR) is 103 cm³/mol. The van der Waals surface area contributed by atoms with Crippen molar-refractivity contribution in [3.8, 4) is 0 Å². The van der Waals surface area contributed by atoms with Crippen LogP contribution in [0.5, 0.6) is 0 Å². The molecule has 0 unspecified atom stereocenters. The quantitative estimate of drug-likeness (QED) is 0.847. The van der Waals surface area contributed by atoms with Gasteiger partial charge in [-0.05, 0) is 57.0 Å². The molecule has 3 rings (SSSR count). The summed E-state index contributed by atoms with van der Waals surface area (Å²) in [5.41, 5.74) is 2.25. The number of fused-ring (bicyclic) bond motifs is 1. The van der Waals surface area contributed by atoms with E-state index in [0.717, 1.165) is 11.1 Å². The monoisotopic (exact) mass is 366 g/mol. The number of nitrogens with one attached hydrogen (secondary N) is 1. The van der Waals surface area contributed by atoms with Gasteiger partial charge in [-0.3, -0.25) is 14.5 Å². The number of nitrogens with zero attached hydrogens (tertiary/aromatic N) is 1. The maximum atomic E-state index is 12.9. The van der Waals surface area contributed by atoms with Gasteiger partial charge in [0.25, 0.3) is 5.91 Å². The molecule has 1 aliphatic rings. The number of rotatable bonds is 3. The number of para-hydroxylation sites is 2. The molecule has 1 N–H and O–H groups in total. The highest BCUT2D eigenvalue weighted by Gasteiger charge is 2.43. The van der Waals surface area contributed by atoms with Crippen molar-refractivity contribution in [3.05, 3.63) is 59.2 Å². The maximum Gasteiger partial charge on any atom is 0.338 e. The minimum absolute atomic E-state index is 0.296. The SMILES string of the molecule is Cc1cccc(C(=O)OCC(=O)N2c3ccccc3NC(=O)C2(C)C)c1C. The van der Waals surface area contributed by atoms with Crippen molar-refractivity contribution in [1.82, 2.24) is 0 Å². The lowest BCUT2D eigenvalue weighted by atomic mass is 9.96. The first-order valence-corrected chi connectivity index (χ1v) is 8.70. The van der Waals surface area contributed by atoms with Gasteiger partial charge in [0.2, 0.25) is 5.91 Å². The summed E-state index contributed by atoms with van der Waals surface area (Å²) in [6.07, 6.45) is 0. The van der Waals surface area contributed by atoms with E-state index in [1.165, 1.54) is 4.90 Å². The zero-order chi connectivity index (χ0) is 19.8. The Morgan fingerprint density at radius 1 is 1.07 bits per heavy atom. The molecule has 0 aromatic heterocycles. The van der Waals surface area contributed by atoms with Gasteiger partial charge in [-0.15, -0.1) is 0 Å². The zero-order valence-corrected chi connectivity index (χ0v) is 15.8. The highest BCUT2D eigenvalue weighted by molar-refractivity contribution is 6.14. The molecular weight excluding hydrogens is 344 g/mol. The van der Waals surface area contributed by atoms with Crippen LogP contribution in [0.15, 0.2) is 42.5 Å². The molecule has 0 fully saturated rings. The number of carbonyl (C=O) groups is 3. The molecule has 1 heterocycles. The van der Waals surface area contributed by atoms with Crippen LogP contribution in [0.1, 0.15) is 35.3 Å². The van der Waals surface area contributed by atoms with Gasteiger partial charge in [0.15, 0.2) is 6.61 Å². The van der Waals surface area contributed by atoms with Gasteiger partial charge in [-0.1, -0.05) is 24.3 Å². The Balaban J connectivity index is 1.82. The second-order valence-corrected chi connectivity index (χ2v) is 7.08. The van der Waals surface area contributed by atoms with Gasteiger partial charge >= 0.3 is 5.97 Å². The van der Waals surface area contributed by atoms with E-state index in [0.29, 0.717) is 16.9 Å². The normalized spacial score (nSPS) is 15.0. The van der Waals surface area contributed by atoms with Crippen molar-refractivity contribution in [3.63, 3.8) is 0 Å². The fraction of sp³-hybridized carbons (Fsp3) is 0.286. The number of esters is 1. The number of hydrogen-bond donors (Lipinski definition) is 1. The Morgan fingerprint density at radius 2 is 1.78 bits per heavy atom. The molecule has 6 heteroatoms. The zero-order valence-electron chi connectivity index (χ0n) is 15.8. The van der Waals surface area contributed by atoms with Crippen LogP contribution in [0.4, 0.5) is 11.4 Å². The standard InChI is InChI=1S/C21H22N2O4/c1-13-8-7-9-15(14(13)2)19(25)27-12-18(24)23-17-11-6-5-10-16(17)22-20(26)21(23,3)4/h5-11H,12H2,1-4H3,(H,22,26). The molecule has 27 heavy (non-hydrogen) atoms. The number of benzene rings is 2. The second kappa shape index (κ2) is 6.87. The van der Waals surface area contributed by atoms with Gasteiger partial charge < -0.3 is 10.1 Å². The minimum Gasteiger partial charge on any atom is -0.452 e. The maximum absolute atomic E-state index is 12.9. The van der Waals surface area contributed by atoms with E-state index < -0.39 is 24.0 Å². The van der Waals surface area contributed by atoms with Gasteiger partial charge in [0.05, 0.1) is 16.9 Å². The van der Waals surface area contributed by atoms with Gasteiger partial charge in [0, 0.05) is 0 Å². The van der Waals surface area contributed by atoms with E-state index >= 15 is 0 Å². The molecule has 2 amide bonds. The lowest BCUT2D eigenvalue weighted by Crippen LogP contribution is -2.59. The molecule has 0 bridgehead atoms. The summed E-state index contributed by atoms with van der Waals surface area (Å²) in [4.78, 5) is 39.1. The van der Waals surface area contributed by atoms with Crippen molar-refractivity contribution in [1.29, 1.82) is 0 Å². The first-order valence-electron chi connectivity index (χ1n) is 8.70. The number of ether oxygens (including phenoxy) is 1. The van der Waals surface area contributed by atoms with Crippen LogP contribution in [-0.2, 0) is 14.3 Å². The lowest BCUT2D eigenvalue weighted by molar-refractivity contribution is -0.128. The fourth-order valence-electron chi connectivity index (χ4n) is 3.14. The Labute approximate surface area is 158 Å². The highest BCUT2D eigenvalue weighted by Crippen LogP contribution is 2.36. The van der Waals surface area contributed by atoms with E-state index in [2.05, 4.69) is 5.32 Å². The molecule has 0 atom stereocenters. The largest absolute Gasteiger partial charge is 0.452 e. The summed E-state index contributed by atoms with van der Waals surface area (Å²) in [5.74, 6) is -1.31. The third-order valence-electron chi connectivity index (χ3n) is 4.91. The average molecular weight is 366 g/mol. The summed E-state index contributed by atoms with van der Waals surface area (Å²) < 4.78 is 5.26. The molecule has 2 aromatic rings. The van der Waals surface area contributed by atoms with Gasteiger partial charge in [0.1, 0.15) is 5.54 Å². The van der Waals surface area contributed by atoms with Crippen LogP contribution < -0.4 is 10.2 Å². The summed E-state index contributed by atoms with van der Waals surface area (Å²) in [7, 11) is 0. The first-order chi connectivity index (χ1) is 12.7. The van der Waals surface area contributed by atoms with Crippen molar-refractivity contribution in [2.45, 2.75) is 33.2 Å². The summed E-state index contributed by atoms with van der Waals surface area (Å²) >= 11 is 0. The molecule has 0 spiro atoms. The third-order valence-corrected chi connectivity index (χ3v) is 4.91. The smallest absolute Gasteiger partial charge is 0.338 e. The molecule has 1 aliphatic heterocycles. The van der Waals surface area contributed by atoms with Crippen molar-refractivity contribution >= 4 is 29.2 Å². The fourth-order valence-corrected chi connectivity index (χ4v) is 3.14. The van der Waals surface area contributed by atoms with Crippen LogP contribution >= 0.6 is 0 Å². The van der Waals surface area contributed by atoms with Crippen LogP contribution in [0.2, 0.25) is 0 Å². The molecule has 0 radical (unpaired) electrons. The molecular formula is C21H22N2O4. The van der Waals surface area contributed by atoms with E-state index in [-0.39, 0.29) is 5.91 Å². The topological polar surface area (TPSA) is 75.7 Å². The van der Waals surface area contributed by atoms with Crippen molar-refractivity contribution in [2.75, 3.05) is 16.8 Å². The van der Waals surface area contributed by atoms with E-state index in [9.17, 15) is 14.4 Å². The van der Waals surface area contributed by atoms with E-state index in [4.69, 9.17) is 4.74 Å². The van der Waals surface area contributed by atoms with E-state index in [1.807, 2.05) is 19.9 Å². The molecule has 0 saturated heterocycles. The summed E-state index contributed by atoms with van der Waals surface area (Å²) in [6, 6.07) is 12.4. The predicted octanol–water partition coefficient (Wildman–Crippen LogP) is 3.22. The number of aryl methyl sites for hydroxylation is 1. The highest BCUT2D eigenvalue weighted by atomic mass is 16.5. The molecule has 0 saturated carbocycles. The number of amides is 2. The summed E-state index contributed by atoms with van der Waals surface area (Å²) in [6.45, 7) is 6.60. The van der Waals surface area contributed by atoms with E-state index in [1.54, 1.807) is 50.2 Å². The molecule has 0 aliphatic carbocycles. The van der Waals surface area contributed by atoms with Crippen LogP contribution in [-0.4, -0.2) is 29.9 Å². The molecule has 6 nitrogen and oxygen atoms in total. The lowest BCUT2D eigenvalue weighted by Gasteiger charge is -2.41. The Bertz CT molecular complexity index is 934. The number of hydrogen-bond acceptors (Lipinski definition) is 4. The minimum atomic E-state index is -1.10. The van der Waals surface area contributed by atoms with Crippen molar-refractivity contribution in [2.24, 2.45) is 0 Å². The Morgan fingerprint density at radius 3 is 2.52 bits per heavy atom. The van der Waals surface area contributed by atoms with Crippen LogP contribution in [0.25, 0.3) is 0 Å². The molecule has 140 valence electrons. The first kappa shape index (κ1) is 18.6. The summed E-state index contributed by atoms with van der Waals surface area (Å²) in [5, 5.41) is 2.80. The second-order valence-electron chi connectivity index (χ2n) is 7.08. The van der Waals surface area contributed by atoms with Crippen LogP contribution in [0, 0.1) is 13.8 Å². The molecule has 2 aromatic carbocycles. The number of anilines is 2. The average Bonchev–Trinajstić information content (AvgIpc) is 2.62. The van der Waals surface area contributed by atoms with Crippen molar-refractivity contribution < 1.29 is 19.1 Å². The van der Waals surface area contributed by atoms with Crippen LogP contribution in [0.3, 0.4) is 0 Å². The Kier molecular flexibility index (Phi) is 4.74. The third kappa shape index (κ3) is 3.30. The Hall–Kier alpha value is -3.15. The number of carbonyl (C=O) groups excluding carboxylic acids is 3. The van der Waals surface area contributed by atoms with Gasteiger partial charge in [-0.25, -0.2) is 4.79 Å². The van der Waals surface area contributed by atoms with Gasteiger partial charge in [-0.2, -0.15) is 0 Å².